The van der Waals surface area contributed by atoms with Gasteiger partial charge in [-0.15, -0.1) is 0 Å². The van der Waals surface area contributed by atoms with Gasteiger partial charge in [-0.3, -0.25) is 0 Å². The molecule has 0 bridgehead atoms. The summed E-state index contributed by atoms with van der Waals surface area (Å²) in [5, 5.41) is 2.58. The summed E-state index contributed by atoms with van der Waals surface area (Å²) in [6.45, 7) is 6.36. The number of hydrogen-bond acceptors (Lipinski definition) is 0. The number of allylic oxidation sites excluding steroid dienone is 4. The molecule has 0 unspecified atom stereocenters. The van der Waals surface area contributed by atoms with Gasteiger partial charge in [-0.05, 0) is 72.9 Å². The van der Waals surface area contributed by atoms with E-state index in [-0.39, 0.29) is 0 Å². The molecule has 0 aliphatic heterocycles. The van der Waals surface area contributed by atoms with Crippen molar-refractivity contribution in [2.75, 3.05) is 0 Å². The summed E-state index contributed by atoms with van der Waals surface area (Å²) in [6.07, 6.45) is 6.46. The average molecular weight is 414 g/mol. The molecule has 0 aliphatic carbocycles. The maximum atomic E-state index is 2.38. The lowest BCUT2D eigenvalue weighted by Crippen LogP contribution is -1.94. The first-order chi connectivity index (χ1) is 15.7. The Labute approximate surface area is 190 Å². The average Bonchev–Trinajstić information content (AvgIpc) is 3.17. The van der Waals surface area contributed by atoms with Gasteiger partial charge in [-0.25, -0.2) is 0 Å². The molecule has 0 amide bonds. The van der Waals surface area contributed by atoms with Gasteiger partial charge in [0.2, 0.25) is 0 Å². The molecule has 1 heteroatoms. The molecule has 0 fully saturated rings. The predicted molar refractivity (Wildman–Crippen MR) is 140 cm³/mol. The monoisotopic (exact) mass is 413 g/mol. The van der Waals surface area contributed by atoms with Gasteiger partial charge >= 0.3 is 0 Å². The zero-order valence-corrected chi connectivity index (χ0v) is 18.8. The minimum atomic E-state index is 1.19. The van der Waals surface area contributed by atoms with E-state index in [0.29, 0.717) is 0 Å². The summed E-state index contributed by atoms with van der Waals surface area (Å²) < 4.78 is 2.38. The Kier molecular flexibility index (Phi) is 5.25. The molecule has 0 atom stereocenters. The van der Waals surface area contributed by atoms with E-state index in [1.165, 1.54) is 55.3 Å². The van der Waals surface area contributed by atoms with Crippen LogP contribution in [0.4, 0.5) is 0 Å². The van der Waals surface area contributed by atoms with E-state index in [1.807, 2.05) is 0 Å². The van der Waals surface area contributed by atoms with Gasteiger partial charge in [0.1, 0.15) is 0 Å². The van der Waals surface area contributed by atoms with E-state index in [1.54, 1.807) is 0 Å². The Morgan fingerprint density at radius 2 is 1.41 bits per heavy atom. The second-order valence-corrected chi connectivity index (χ2v) is 8.22. The lowest BCUT2D eigenvalue weighted by molar-refractivity contribution is 1.23. The van der Waals surface area contributed by atoms with Crippen LogP contribution in [0.25, 0.3) is 49.8 Å². The fourth-order valence-corrected chi connectivity index (χ4v) is 4.74. The third-order valence-electron chi connectivity index (χ3n) is 6.08. The van der Waals surface area contributed by atoms with Crippen molar-refractivity contribution >= 4 is 27.5 Å². The maximum Gasteiger partial charge on any atom is 0.0547 e. The molecule has 0 spiro atoms. The highest BCUT2D eigenvalue weighted by molar-refractivity contribution is 6.16. The normalized spacial score (nSPS) is 12.3. The van der Waals surface area contributed by atoms with Crippen LogP contribution < -0.4 is 0 Å². The summed E-state index contributed by atoms with van der Waals surface area (Å²) in [4.78, 5) is 0. The van der Waals surface area contributed by atoms with Crippen LogP contribution in [0.3, 0.4) is 0 Å². The highest BCUT2D eigenvalue weighted by Gasteiger charge is 2.16. The van der Waals surface area contributed by atoms with Gasteiger partial charge in [0, 0.05) is 16.5 Å². The minimum Gasteiger partial charge on any atom is -0.310 e. The number of fused-ring (bicyclic) bond motifs is 3. The minimum absolute atomic E-state index is 1.19. The molecule has 0 N–H and O–H groups in total. The smallest absolute Gasteiger partial charge is 0.0547 e. The molecular weight excluding hydrogens is 386 g/mol. The van der Waals surface area contributed by atoms with E-state index >= 15 is 0 Å². The fraction of sp³-hybridized carbons (Fsp3) is 0.0968. The number of para-hydroxylation sites is 1. The third-order valence-corrected chi connectivity index (χ3v) is 6.08. The predicted octanol–water partition coefficient (Wildman–Crippen LogP) is 8.87. The number of rotatable bonds is 4. The molecule has 156 valence electrons. The van der Waals surface area contributed by atoms with E-state index < -0.39 is 0 Å². The van der Waals surface area contributed by atoms with Crippen LogP contribution in [0.5, 0.6) is 0 Å². The fourth-order valence-electron chi connectivity index (χ4n) is 4.74. The van der Waals surface area contributed by atoms with Crippen molar-refractivity contribution in [3.8, 4) is 22.3 Å². The second kappa shape index (κ2) is 8.36. The molecule has 0 saturated heterocycles. The van der Waals surface area contributed by atoms with Gasteiger partial charge in [0.25, 0.3) is 0 Å². The zero-order chi connectivity index (χ0) is 22.1. The van der Waals surface area contributed by atoms with E-state index in [2.05, 4.69) is 135 Å². The van der Waals surface area contributed by atoms with Crippen LogP contribution in [0.1, 0.15) is 19.4 Å². The highest BCUT2D eigenvalue weighted by Crippen LogP contribution is 2.39. The standard InChI is InChI=1S/C31H27N/c1-4-12-26(5-2)32-29-17-10-9-15-28(29)31-27(16-11-18-30(31)32)25-20-22(3)19-24(21-25)23-13-7-6-8-14-23/h4-21H,1-3H3/b12-4-,26-5+. The first-order valence-electron chi connectivity index (χ1n) is 11.2. The summed E-state index contributed by atoms with van der Waals surface area (Å²) in [5.41, 5.74) is 9.95. The molecule has 5 aromatic rings. The number of hydrogen-bond donors (Lipinski definition) is 0. The summed E-state index contributed by atoms with van der Waals surface area (Å²) >= 11 is 0. The van der Waals surface area contributed by atoms with Crippen molar-refractivity contribution in [2.45, 2.75) is 20.8 Å². The Balaban J connectivity index is 1.84. The highest BCUT2D eigenvalue weighted by atomic mass is 15.0. The van der Waals surface area contributed by atoms with Crippen molar-refractivity contribution in [3.05, 3.63) is 115 Å². The lowest BCUT2D eigenvalue weighted by Gasteiger charge is -2.11. The van der Waals surface area contributed by atoms with Crippen molar-refractivity contribution in [3.63, 3.8) is 0 Å². The van der Waals surface area contributed by atoms with E-state index in [9.17, 15) is 0 Å². The maximum absolute atomic E-state index is 2.38. The number of benzene rings is 4. The molecule has 0 saturated carbocycles. The Morgan fingerprint density at radius 3 is 2.19 bits per heavy atom. The number of aryl methyl sites for hydroxylation is 1. The SMILES string of the molecule is C/C=C\C(=C/C)n1c2ccccc2c2c(-c3cc(C)cc(-c4ccccc4)c3)cccc21. The summed E-state index contributed by atoms with van der Waals surface area (Å²) in [6, 6.07) is 32.9. The van der Waals surface area contributed by atoms with Crippen molar-refractivity contribution in [2.24, 2.45) is 0 Å². The van der Waals surface area contributed by atoms with Crippen LogP contribution in [0.2, 0.25) is 0 Å². The largest absolute Gasteiger partial charge is 0.310 e. The Bertz CT molecular complexity index is 1480. The van der Waals surface area contributed by atoms with Crippen LogP contribution in [-0.4, -0.2) is 4.57 Å². The zero-order valence-electron chi connectivity index (χ0n) is 18.8. The van der Waals surface area contributed by atoms with Gasteiger partial charge < -0.3 is 4.57 Å². The quantitative estimate of drug-likeness (QED) is 0.259. The van der Waals surface area contributed by atoms with E-state index in [4.69, 9.17) is 0 Å². The van der Waals surface area contributed by atoms with Crippen molar-refractivity contribution < 1.29 is 0 Å². The summed E-state index contributed by atoms with van der Waals surface area (Å²) in [7, 11) is 0. The second-order valence-electron chi connectivity index (χ2n) is 8.22. The molecule has 1 aromatic heterocycles. The van der Waals surface area contributed by atoms with Gasteiger partial charge in [0.15, 0.2) is 0 Å². The van der Waals surface area contributed by atoms with Crippen molar-refractivity contribution in [1.29, 1.82) is 0 Å². The summed E-state index contributed by atoms with van der Waals surface area (Å²) in [5.74, 6) is 0. The molecule has 32 heavy (non-hydrogen) atoms. The Morgan fingerprint density at radius 1 is 0.688 bits per heavy atom. The van der Waals surface area contributed by atoms with Crippen molar-refractivity contribution in [1.82, 2.24) is 4.57 Å². The van der Waals surface area contributed by atoms with E-state index in [0.717, 1.165) is 0 Å². The molecule has 0 aliphatic rings. The van der Waals surface area contributed by atoms with Crippen LogP contribution in [0, 0.1) is 6.92 Å². The molecule has 0 radical (unpaired) electrons. The topological polar surface area (TPSA) is 4.93 Å². The first-order valence-corrected chi connectivity index (χ1v) is 11.2. The van der Waals surface area contributed by atoms with Crippen LogP contribution >= 0.6 is 0 Å². The molecular formula is C31H27N. The van der Waals surface area contributed by atoms with Crippen LogP contribution in [0.15, 0.2) is 109 Å². The molecule has 5 rings (SSSR count). The number of nitrogens with zero attached hydrogens (tertiary/aromatic N) is 1. The molecule has 1 heterocycles. The Hall–Kier alpha value is -3.84. The van der Waals surface area contributed by atoms with Crippen LogP contribution in [-0.2, 0) is 0 Å². The third kappa shape index (κ3) is 3.36. The van der Waals surface area contributed by atoms with Gasteiger partial charge in [0.05, 0.1) is 11.0 Å². The van der Waals surface area contributed by atoms with Gasteiger partial charge in [-0.2, -0.15) is 0 Å². The molecule has 4 aromatic carbocycles. The number of aromatic nitrogens is 1. The molecule has 1 nitrogen and oxygen atoms in total. The van der Waals surface area contributed by atoms with Gasteiger partial charge in [-0.1, -0.05) is 84.9 Å². The first kappa shape index (κ1) is 20.1. The lowest BCUT2D eigenvalue weighted by atomic mass is 9.94.